The molecule has 216 valence electrons. The normalized spacial score (nSPS) is 12.6. The minimum atomic E-state index is -4.64. The quantitative estimate of drug-likeness (QED) is 0.287. The standard InChI is InChI=1S/C26H32Cl2F3N3O4S/c1-4-5-13-32-25(36)18(2)33(17-19-11-12-22(27)23(28)15-19)24(35)10-7-14-34(39(3,37)38)21-9-6-8-20(16-21)26(29,30)31/h6,8-9,11-12,15-16,18H,4-5,7,10,13-14,17H2,1-3H3,(H,32,36). The Labute approximate surface area is 237 Å². The molecule has 2 rings (SSSR count). The van der Waals surface area contributed by atoms with Crippen LogP contribution < -0.4 is 9.62 Å². The molecular weight excluding hydrogens is 578 g/mol. The van der Waals surface area contributed by atoms with Crippen LogP contribution in [0.1, 0.15) is 50.7 Å². The molecule has 39 heavy (non-hydrogen) atoms. The van der Waals surface area contributed by atoms with Gasteiger partial charge in [-0.3, -0.25) is 13.9 Å². The molecule has 2 aromatic carbocycles. The van der Waals surface area contributed by atoms with Gasteiger partial charge in [0.15, 0.2) is 0 Å². The van der Waals surface area contributed by atoms with Crippen molar-refractivity contribution in [3.05, 3.63) is 63.6 Å². The van der Waals surface area contributed by atoms with E-state index >= 15 is 0 Å². The second-order valence-electron chi connectivity index (χ2n) is 9.08. The molecule has 0 spiro atoms. The molecule has 0 aliphatic rings. The van der Waals surface area contributed by atoms with Gasteiger partial charge in [0, 0.05) is 26.1 Å². The lowest BCUT2D eigenvalue weighted by Gasteiger charge is -2.29. The van der Waals surface area contributed by atoms with Crippen molar-refractivity contribution in [3.8, 4) is 0 Å². The third-order valence-corrected chi connectivity index (χ3v) is 7.88. The molecule has 2 aromatic rings. The molecule has 13 heteroatoms. The fourth-order valence-corrected chi connectivity index (χ4v) is 5.07. The van der Waals surface area contributed by atoms with Crippen molar-refractivity contribution in [2.24, 2.45) is 0 Å². The average molecular weight is 611 g/mol. The molecule has 0 aliphatic carbocycles. The molecule has 1 unspecified atom stereocenters. The second-order valence-corrected chi connectivity index (χ2v) is 11.8. The van der Waals surface area contributed by atoms with Crippen molar-refractivity contribution < 1.29 is 31.2 Å². The van der Waals surface area contributed by atoms with Gasteiger partial charge in [0.05, 0.1) is 27.6 Å². The van der Waals surface area contributed by atoms with Gasteiger partial charge < -0.3 is 10.2 Å². The van der Waals surface area contributed by atoms with Gasteiger partial charge in [-0.15, -0.1) is 0 Å². The van der Waals surface area contributed by atoms with Crippen LogP contribution in [0.25, 0.3) is 0 Å². The molecule has 2 amide bonds. The van der Waals surface area contributed by atoms with Crippen LogP contribution in [0.4, 0.5) is 18.9 Å². The molecule has 1 atom stereocenters. The first-order valence-electron chi connectivity index (χ1n) is 12.3. The Morgan fingerprint density at radius 3 is 2.33 bits per heavy atom. The van der Waals surface area contributed by atoms with Crippen molar-refractivity contribution in [2.75, 3.05) is 23.7 Å². The number of carbonyl (C=O) groups is 2. The second kappa shape index (κ2) is 14.2. The Morgan fingerprint density at radius 2 is 1.74 bits per heavy atom. The first-order valence-corrected chi connectivity index (χ1v) is 14.9. The SMILES string of the molecule is CCCCNC(=O)C(C)N(Cc1ccc(Cl)c(Cl)c1)C(=O)CCCN(c1cccc(C(F)(F)F)c1)S(C)(=O)=O. The highest BCUT2D eigenvalue weighted by Gasteiger charge is 2.32. The number of carbonyl (C=O) groups excluding carboxylic acids is 2. The van der Waals surface area contributed by atoms with Crippen LogP contribution in [-0.4, -0.2) is 50.5 Å². The van der Waals surface area contributed by atoms with Crippen LogP contribution in [0, 0.1) is 0 Å². The third-order valence-electron chi connectivity index (χ3n) is 5.95. The number of benzene rings is 2. The lowest BCUT2D eigenvalue weighted by Crippen LogP contribution is -2.48. The summed E-state index contributed by atoms with van der Waals surface area (Å²) in [5.74, 6) is -0.782. The number of alkyl halides is 3. The Balaban J connectivity index is 2.22. The summed E-state index contributed by atoms with van der Waals surface area (Å²) in [4.78, 5) is 27.4. The summed E-state index contributed by atoms with van der Waals surface area (Å²) >= 11 is 12.1. The molecular formula is C26H32Cl2F3N3O4S. The Morgan fingerprint density at radius 1 is 1.05 bits per heavy atom. The van der Waals surface area contributed by atoms with Crippen LogP contribution in [0.5, 0.6) is 0 Å². The summed E-state index contributed by atoms with van der Waals surface area (Å²) in [5, 5.41) is 3.41. The molecule has 1 N–H and O–H groups in total. The summed E-state index contributed by atoms with van der Waals surface area (Å²) in [6.45, 7) is 3.83. The lowest BCUT2D eigenvalue weighted by atomic mass is 10.1. The van der Waals surface area contributed by atoms with Gasteiger partial charge in [0.2, 0.25) is 21.8 Å². The number of hydrogen-bond donors (Lipinski definition) is 1. The zero-order valence-electron chi connectivity index (χ0n) is 21.9. The van der Waals surface area contributed by atoms with Crippen molar-refractivity contribution in [2.45, 2.75) is 58.3 Å². The Hall–Kier alpha value is -2.50. The fourth-order valence-electron chi connectivity index (χ4n) is 3.79. The fraction of sp³-hybridized carbons (Fsp3) is 0.462. The van der Waals surface area contributed by atoms with E-state index in [0.717, 1.165) is 41.6 Å². The molecule has 0 heterocycles. The first kappa shape index (κ1) is 32.7. The summed E-state index contributed by atoms with van der Waals surface area (Å²) < 4.78 is 65.1. The number of amides is 2. The maximum absolute atomic E-state index is 13.3. The van der Waals surface area contributed by atoms with E-state index in [2.05, 4.69) is 5.32 Å². The van der Waals surface area contributed by atoms with E-state index in [1.807, 2.05) is 6.92 Å². The van der Waals surface area contributed by atoms with Gasteiger partial charge in [-0.05, 0) is 55.7 Å². The summed E-state index contributed by atoms with van der Waals surface area (Å²) in [5.41, 5.74) is -0.510. The number of sulfonamides is 1. The molecule has 7 nitrogen and oxygen atoms in total. The smallest absolute Gasteiger partial charge is 0.354 e. The summed E-state index contributed by atoms with van der Waals surface area (Å²) in [7, 11) is -3.95. The number of halogens is 5. The number of anilines is 1. The van der Waals surface area contributed by atoms with Gasteiger partial charge in [0.25, 0.3) is 0 Å². The van der Waals surface area contributed by atoms with E-state index in [1.165, 1.54) is 11.0 Å². The highest BCUT2D eigenvalue weighted by molar-refractivity contribution is 7.92. The molecule has 0 bridgehead atoms. The van der Waals surface area contributed by atoms with Gasteiger partial charge >= 0.3 is 6.18 Å². The predicted octanol–water partition coefficient (Wildman–Crippen LogP) is 5.89. The van der Waals surface area contributed by atoms with E-state index in [4.69, 9.17) is 23.2 Å². The number of unbranched alkanes of at least 4 members (excludes halogenated alkanes) is 1. The summed E-state index contributed by atoms with van der Waals surface area (Å²) in [6, 6.07) is 7.98. The Bertz CT molecular complexity index is 1260. The van der Waals surface area contributed by atoms with Crippen LogP contribution >= 0.6 is 23.2 Å². The minimum Gasteiger partial charge on any atom is -0.354 e. The van der Waals surface area contributed by atoms with Crippen LogP contribution in [-0.2, 0) is 32.3 Å². The van der Waals surface area contributed by atoms with E-state index in [9.17, 15) is 31.2 Å². The molecule has 0 saturated carbocycles. The molecule has 0 aliphatic heterocycles. The number of hydrogen-bond acceptors (Lipinski definition) is 4. The van der Waals surface area contributed by atoms with E-state index in [0.29, 0.717) is 17.1 Å². The van der Waals surface area contributed by atoms with Gasteiger partial charge in [-0.2, -0.15) is 13.2 Å². The number of nitrogens with zero attached hydrogens (tertiary/aromatic N) is 2. The monoisotopic (exact) mass is 609 g/mol. The van der Waals surface area contributed by atoms with Crippen molar-refractivity contribution in [3.63, 3.8) is 0 Å². The minimum absolute atomic E-state index is 0.00416. The Kier molecular flexibility index (Phi) is 11.9. The molecule has 0 saturated heterocycles. The predicted molar refractivity (Wildman–Crippen MR) is 147 cm³/mol. The highest BCUT2D eigenvalue weighted by atomic mass is 35.5. The van der Waals surface area contributed by atoms with Crippen LogP contribution in [0.3, 0.4) is 0 Å². The maximum atomic E-state index is 13.3. The third kappa shape index (κ3) is 9.88. The zero-order chi connectivity index (χ0) is 29.4. The van der Waals surface area contributed by atoms with E-state index in [-0.39, 0.29) is 42.5 Å². The van der Waals surface area contributed by atoms with Gasteiger partial charge in [0.1, 0.15) is 6.04 Å². The molecule has 0 fully saturated rings. The largest absolute Gasteiger partial charge is 0.416 e. The number of rotatable bonds is 13. The zero-order valence-corrected chi connectivity index (χ0v) is 24.2. The first-order chi connectivity index (χ1) is 18.1. The van der Waals surface area contributed by atoms with E-state index in [1.54, 1.807) is 25.1 Å². The lowest BCUT2D eigenvalue weighted by molar-refractivity contribution is -0.140. The average Bonchev–Trinajstić information content (AvgIpc) is 2.85. The summed E-state index contributed by atoms with van der Waals surface area (Å²) in [6.07, 6.45) is -2.26. The molecule has 0 radical (unpaired) electrons. The maximum Gasteiger partial charge on any atom is 0.416 e. The number of nitrogens with one attached hydrogen (secondary N) is 1. The van der Waals surface area contributed by atoms with Crippen LogP contribution in [0.2, 0.25) is 10.0 Å². The van der Waals surface area contributed by atoms with E-state index < -0.39 is 33.7 Å². The van der Waals surface area contributed by atoms with Crippen molar-refractivity contribution in [1.29, 1.82) is 0 Å². The molecule has 0 aromatic heterocycles. The van der Waals surface area contributed by atoms with Crippen molar-refractivity contribution >= 4 is 50.7 Å². The highest BCUT2D eigenvalue weighted by Crippen LogP contribution is 2.32. The topological polar surface area (TPSA) is 86.8 Å². The van der Waals surface area contributed by atoms with Gasteiger partial charge in [-0.25, -0.2) is 8.42 Å². The van der Waals surface area contributed by atoms with Gasteiger partial charge in [-0.1, -0.05) is 48.7 Å². The van der Waals surface area contributed by atoms with Crippen LogP contribution in [0.15, 0.2) is 42.5 Å². The van der Waals surface area contributed by atoms with Crippen molar-refractivity contribution in [1.82, 2.24) is 10.2 Å².